The third kappa shape index (κ3) is 5.33. The summed E-state index contributed by atoms with van der Waals surface area (Å²) in [6.45, 7) is 4.90. The van der Waals surface area contributed by atoms with Crippen LogP contribution in [0.4, 0.5) is 4.39 Å². The van der Waals surface area contributed by atoms with Gasteiger partial charge in [-0.25, -0.2) is 4.39 Å². The van der Waals surface area contributed by atoms with Crippen LogP contribution in [0.25, 0.3) is 0 Å². The van der Waals surface area contributed by atoms with Crippen molar-refractivity contribution in [2.75, 3.05) is 12.3 Å². The molecule has 0 atom stereocenters. The summed E-state index contributed by atoms with van der Waals surface area (Å²) in [7, 11) is 0. The minimum atomic E-state index is -0.552. The highest BCUT2D eigenvalue weighted by Crippen LogP contribution is 2.19. The zero-order valence-electron chi connectivity index (χ0n) is 16.9. The summed E-state index contributed by atoms with van der Waals surface area (Å²) in [5.74, 6) is -0.0100. The Morgan fingerprint density at radius 3 is 2.53 bits per heavy atom. The molecule has 3 rings (SSSR count). The molecule has 2 aromatic carbocycles. The van der Waals surface area contributed by atoms with Crippen molar-refractivity contribution in [1.82, 2.24) is 20.1 Å². The normalized spacial score (nSPS) is 10.8. The van der Waals surface area contributed by atoms with Crippen molar-refractivity contribution in [3.05, 3.63) is 76.9 Å². The molecular formula is C22H23FN4O2S. The number of aromatic nitrogens is 3. The minimum absolute atomic E-state index is 0.0142. The molecule has 0 fully saturated rings. The lowest BCUT2D eigenvalue weighted by molar-refractivity contribution is 0.0949. The van der Waals surface area contributed by atoms with Gasteiger partial charge in [-0.05, 0) is 26.0 Å². The lowest BCUT2D eigenvalue weighted by atomic mass is 10.1. The summed E-state index contributed by atoms with van der Waals surface area (Å²) in [4.78, 5) is 24.5. The third-order valence-electron chi connectivity index (χ3n) is 4.57. The Kier molecular flexibility index (Phi) is 7.35. The van der Waals surface area contributed by atoms with Crippen LogP contribution in [-0.2, 0) is 13.0 Å². The van der Waals surface area contributed by atoms with Crippen molar-refractivity contribution < 1.29 is 14.0 Å². The summed E-state index contributed by atoms with van der Waals surface area (Å²) in [6, 6.07) is 13.3. The van der Waals surface area contributed by atoms with Gasteiger partial charge in [0.15, 0.2) is 10.9 Å². The molecule has 3 aromatic rings. The standard InChI is InChI=1S/C22H23FN4O2S/c1-3-27-20(12-13-24-21(29)17-6-4-5-7-18(17)23)25-26-22(27)30-14-19(28)16-10-8-15(2)9-11-16/h4-11H,3,12-14H2,1-2H3,(H,24,29). The van der Waals surface area contributed by atoms with E-state index in [1.54, 1.807) is 12.1 Å². The summed E-state index contributed by atoms with van der Waals surface area (Å²) in [5, 5.41) is 11.7. The van der Waals surface area contributed by atoms with Crippen LogP contribution in [0.5, 0.6) is 0 Å². The molecule has 8 heteroatoms. The molecule has 0 bridgehead atoms. The van der Waals surface area contributed by atoms with Gasteiger partial charge in [0.1, 0.15) is 11.6 Å². The number of halogens is 1. The Morgan fingerprint density at radius 1 is 1.10 bits per heavy atom. The topological polar surface area (TPSA) is 76.9 Å². The van der Waals surface area contributed by atoms with E-state index in [4.69, 9.17) is 0 Å². The Bertz CT molecular complexity index is 1030. The zero-order valence-corrected chi connectivity index (χ0v) is 17.7. The summed E-state index contributed by atoms with van der Waals surface area (Å²) >= 11 is 1.34. The van der Waals surface area contributed by atoms with Gasteiger partial charge in [-0.15, -0.1) is 10.2 Å². The van der Waals surface area contributed by atoms with E-state index in [2.05, 4.69) is 15.5 Å². The number of aryl methyl sites for hydroxylation is 1. The number of hydrogen-bond donors (Lipinski definition) is 1. The second-order valence-electron chi connectivity index (χ2n) is 6.71. The number of ketones is 1. The second kappa shape index (κ2) is 10.2. The van der Waals surface area contributed by atoms with E-state index in [9.17, 15) is 14.0 Å². The number of amides is 1. The number of nitrogens with one attached hydrogen (secondary N) is 1. The summed E-state index contributed by atoms with van der Waals surface area (Å²) < 4.78 is 15.6. The lowest BCUT2D eigenvalue weighted by Gasteiger charge is -2.08. The van der Waals surface area contributed by atoms with Crippen molar-refractivity contribution >= 4 is 23.5 Å². The highest BCUT2D eigenvalue weighted by Gasteiger charge is 2.15. The van der Waals surface area contributed by atoms with Gasteiger partial charge in [0.2, 0.25) is 0 Å². The van der Waals surface area contributed by atoms with Gasteiger partial charge in [-0.3, -0.25) is 9.59 Å². The first-order valence-corrected chi connectivity index (χ1v) is 10.7. The molecule has 0 unspecified atom stereocenters. The van der Waals surface area contributed by atoms with Gasteiger partial charge in [-0.2, -0.15) is 0 Å². The highest BCUT2D eigenvalue weighted by molar-refractivity contribution is 7.99. The van der Waals surface area contributed by atoms with Crippen LogP contribution in [0.2, 0.25) is 0 Å². The predicted octanol–water partition coefficient (Wildman–Crippen LogP) is 3.69. The van der Waals surface area contributed by atoms with Crippen LogP contribution in [0.1, 0.15) is 39.0 Å². The fraction of sp³-hybridized carbons (Fsp3) is 0.273. The molecule has 0 radical (unpaired) electrons. The maximum Gasteiger partial charge on any atom is 0.254 e. The van der Waals surface area contributed by atoms with Gasteiger partial charge in [0, 0.05) is 25.1 Å². The first-order chi connectivity index (χ1) is 14.5. The van der Waals surface area contributed by atoms with E-state index in [-0.39, 0.29) is 17.1 Å². The van der Waals surface area contributed by atoms with Crippen LogP contribution < -0.4 is 5.32 Å². The molecule has 0 aliphatic carbocycles. The van der Waals surface area contributed by atoms with Crippen LogP contribution in [0.15, 0.2) is 53.7 Å². The Labute approximate surface area is 178 Å². The largest absolute Gasteiger partial charge is 0.351 e. The Hall–Kier alpha value is -3.00. The van der Waals surface area contributed by atoms with E-state index in [0.717, 1.165) is 5.56 Å². The fourth-order valence-electron chi connectivity index (χ4n) is 2.91. The van der Waals surface area contributed by atoms with Gasteiger partial charge < -0.3 is 9.88 Å². The van der Waals surface area contributed by atoms with Crippen LogP contribution in [0.3, 0.4) is 0 Å². The van der Waals surface area contributed by atoms with Crippen molar-refractivity contribution in [2.45, 2.75) is 32.0 Å². The van der Waals surface area contributed by atoms with Gasteiger partial charge in [0.25, 0.3) is 5.91 Å². The fourth-order valence-corrected chi connectivity index (χ4v) is 3.83. The molecule has 1 heterocycles. The SMILES string of the molecule is CCn1c(CCNC(=O)c2ccccc2F)nnc1SCC(=O)c1ccc(C)cc1. The van der Waals surface area contributed by atoms with E-state index in [1.807, 2.05) is 42.7 Å². The number of Topliss-reactive ketones (excluding diaryl/α,β-unsaturated/α-hetero) is 1. The quantitative estimate of drug-likeness (QED) is 0.417. The second-order valence-corrected chi connectivity index (χ2v) is 7.65. The van der Waals surface area contributed by atoms with Crippen LogP contribution in [0, 0.1) is 12.7 Å². The number of carbonyl (C=O) groups is 2. The van der Waals surface area contributed by atoms with Crippen molar-refractivity contribution in [1.29, 1.82) is 0 Å². The molecule has 1 N–H and O–H groups in total. The molecular weight excluding hydrogens is 403 g/mol. The van der Waals surface area contributed by atoms with Crippen LogP contribution in [-0.4, -0.2) is 38.8 Å². The maximum atomic E-state index is 13.7. The monoisotopic (exact) mass is 426 g/mol. The van der Waals surface area contributed by atoms with Gasteiger partial charge in [0.05, 0.1) is 11.3 Å². The van der Waals surface area contributed by atoms with Crippen molar-refractivity contribution in [3.8, 4) is 0 Å². The van der Waals surface area contributed by atoms with Crippen LogP contribution >= 0.6 is 11.8 Å². The lowest BCUT2D eigenvalue weighted by Crippen LogP contribution is -2.27. The molecule has 0 saturated carbocycles. The number of thioether (sulfide) groups is 1. The number of hydrogen-bond acceptors (Lipinski definition) is 5. The molecule has 156 valence electrons. The average Bonchev–Trinajstić information content (AvgIpc) is 3.14. The number of carbonyl (C=O) groups excluding carboxylic acids is 2. The number of benzene rings is 2. The van der Waals surface area contributed by atoms with E-state index >= 15 is 0 Å². The third-order valence-corrected chi connectivity index (χ3v) is 5.53. The van der Waals surface area contributed by atoms with E-state index < -0.39 is 11.7 Å². The molecule has 0 saturated heterocycles. The molecule has 1 amide bonds. The molecule has 0 aliphatic rings. The first-order valence-electron chi connectivity index (χ1n) is 9.67. The smallest absolute Gasteiger partial charge is 0.254 e. The molecule has 0 aliphatic heterocycles. The van der Waals surface area contributed by atoms with Gasteiger partial charge >= 0.3 is 0 Å². The molecule has 6 nitrogen and oxygen atoms in total. The number of nitrogens with zero attached hydrogens (tertiary/aromatic N) is 3. The zero-order chi connectivity index (χ0) is 21.5. The maximum absolute atomic E-state index is 13.7. The number of rotatable bonds is 9. The molecule has 30 heavy (non-hydrogen) atoms. The van der Waals surface area contributed by atoms with Crippen molar-refractivity contribution in [3.63, 3.8) is 0 Å². The average molecular weight is 427 g/mol. The first kappa shape index (κ1) is 21.7. The Balaban J connectivity index is 1.56. The summed E-state index contributed by atoms with van der Waals surface area (Å²) in [5.41, 5.74) is 1.80. The Morgan fingerprint density at radius 2 is 1.83 bits per heavy atom. The summed E-state index contributed by atoms with van der Waals surface area (Å²) in [6.07, 6.45) is 0.452. The minimum Gasteiger partial charge on any atom is -0.351 e. The predicted molar refractivity (Wildman–Crippen MR) is 114 cm³/mol. The highest BCUT2D eigenvalue weighted by atomic mass is 32.2. The van der Waals surface area contributed by atoms with Gasteiger partial charge in [-0.1, -0.05) is 53.7 Å². The molecule has 0 spiro atoms. The van der Waals surface area contributed by atoms with E-state index in [0.29, 0.717) is 36.1 Å². The van der Waals surface area contributed by atoms with E-state index in [1.165, 1.54) is 23.9 Å². The van der Waals surface area contributed by atoms with Crippen molar-refractivity contribution in [2.24, 2.45) is 0 Å². The molecule has 1 aromatic heterocycles.